The molecule has 1 fully saturated rings. The number of fused-ring (bicyclic) bond motifs is 1. The molecule has 0 N–H and O–H groups in total. The van der Waals surface area contributed by atoms with Gasteiger partial charge in [0, 0.05) is 35.7 Å². The van der Waals surface area contributed by atoms with Crippen LogP contribution < -0.4 is 4.74 Å². The van der Waals surface area contributed by atoms with Gasteiger partial charge < -0.3 is 4.74 Å². The van der Waals surface area contributed by atoms with E-state index >= 15 is 0 Å². The number of thiophene rings is 1. The lowest BCUT2D eigenvalue weighted by Gasteiger charge is -2.38. The van der Waals surface area contributed by atoms with E-state index in [4.69, 9.17) is 10.00 Å². The zero-order valence-corrected chi connectivity index (χ0v) is 14.0. The molecule has 0 radical (unpaired) electrons. The van der Waals surface area contributed by atoms with E-state index in [0.29, 0.717) is 0 Å². The molecule has 4 nitrogen and oxygen atoms in total. The highest BCUT2D eigenvalue weighted by Gasteiger charge is 2.43. The van der Waals surface area contributed by atoms with Gasteiger partial charge in [-0.05, 0) is 43.6 Å². The maximum Gasteiger partial charge on any atom is 0.217 e. The number of nitrogens with zero attached hydrogens (tertiary/aromatic N) is 3. The number of hydrogen-bond acceptors (Lipinski definition) is 5. The molecule has 2 aliphatic rings. The summed E-state index contributed by atoms with van der Waals surface area (Å²) in [5.41, 5.74) is 3.26. The van der Waals surface area contributed by atoms with Gasteiger partial charge in [-0.25, -0.2) is 4.98 Å². The van der Waals surface area contributed by atoms with Crippen molar-refractivity contribution in [1.82, 2.24) is 9.88 Å². The smallest absolute Gasteiger partial charge is 0.217 e. The fraction of sp³-hybridized carbons (Fsp3) is 0.444. The van der Waals surface area contributed by atoms with Crippen LogP contribution in [0.3, 0.4) is 0 Å². The molecule has 1 spiro atoms. The molecule has 4 rings (SSSR count). The van der Waals surface area contributed by atoms with Crippen molar-refractivity contribution < 1.29 is 4.74 Å². The van der Waals surface area contributed by atoms with Crippen LogP contribution in [-0.2, 0) is 6.42 Å². The van der Waals surface area contributed by atoms with E-state index in [1.54, 1.807) is 0 Å². The van der Waals surface area contributed by atoms with E-state index in [9.17, 15) is 0 Å². The summed E-state index contributed by atoms with van der Waals surface area (Å²) in [6.45, 7) is 5.45. The third kappa shape index (κ3) is 2.62. The first kappa shape index (κ1) is 14.7. The van der Waals surface area contributed by atoms with Gasteiger partial charge in [0.05, 0.1) is 0 Å². The minimum Gasteiger partial charge on any atom is -0.469 e. The van der Waals surface area contributed by atoms with E-state index in [-0.39, 0.29) is 5.60 Å². The summed E-state index contributed by atoms with van der Waals surface area (Å²) in [4.78, 5) is 7.75. The van der Waals surface area contributed by atoms with Crippen LogP contribution in [-0.4, -0.2) is 35.1 Å². The maximum absolute atomic E-state index is 8.99. The first-order valence-electron chi connectivity index (χ1n) is 8.11. The Labute approximate surface area is 140 Å². The van der Waals surface area contributed by atoms with E-state index in [0.717, 1.165) is 47.8 Å². The number of likely N-dealkylation sites (tertiary alicyclic amines) is 1. The molecule has 2 aromatic heterocycles. The summed E-state index contributed by atoms with van der Waals surface area (Å²) in [5.74, 6) is 0.794. The minimum absolute atomic E-state index is 0.0886. The van der Waals surface area contributed by atoms with Gasteiger partial charge in [0.1, 0.15) is 16.5 Å². The summed E-state index contributed by atoms with van der Waals surface area (Å²) in [7, 11) is 0. The zero-order chi connectivity index (χ0) is 15.9. The number of rotatable bonds is 2. The van der Waals surface area contributed by atoms with Crippen molar-refractivity contribution in [3.63, 3.8) is 0 Å². The second kappa shape index (κ2) is 5.63. The Hall–Kier alpha value is -1.90. The van der Waals surface area contributed by atoms with Crippen molar-refractivity contribution in [1.29, 1.82) is 5.26 Å². The molecule has 4 heterocycles. The number of hydrogen-bond donors (Lipinski definition) is 0. The van der Waals surface area contributed by atoms with Gasteiger partial charge >= 0.3 is 0 Å². The predicted molar refractivity (Wildman–Crippen MR) is 90.7 cm³/mol. The third-order valence-electron chi connectivity index (χ3n) is 4.86. The van der Waals surface area contributed by atoms with Crippen LogP contribution in [0.4, 0.5) is 0 Å². The van der Waals surface area contributed by atoms with Gasteiger partial charge in [0.2, 0.25) is 5.88 Å². The molecule has 0 saturated carbocycles. The fourth-order valence-electron chi connectivity index (χ4n) is 3.70. The monoisotopic (exact) mass is 325 g/mol. The Morgan fingerprint density at radius 1 is 1.43 bits per heavy atom. The van der Waals surface area contributed by atoms with Crippen molar-refractivity contribution in [2.24, 2.45) is 0 Å². The maximum atomic E-state index is 8.99. The lowest BCUT2D eigenvalue weighted by atomic mass is 9.88. The van der Waals surface area contributed by atoms with Crippen LogP contribution in [0.5, 0.6) is 5.88 Å². The Kier molecular flexibility index (Phi) is 3.59. The average molecular weight is 325 g/mol. The first-order chi connectivity index (χ1) is 11.2. The molecule has 0 unspecified atom stereocenters. The van der Waals surface area contributed by atoms with Crippen molar-refractivity contribution in [2.45, 2.75) is 31.8 Å². The second-order valence-corrected chi connectivity index (χ2v) is 7.35. The second-order valence-electron chi connectivity index (χ2n) is 6.43. The van der Waals surface area contributed by atoms with E-state index in [1.165, 1.54) is 29.9 Å². The summed E-state index contributed by atoms with van der Waals surface area (Å²) < 4.78 is 6.28. The Morgan fingerprint density at radius 2 is 2.35 bits per heavy atom. The van der Waals surface area contributed by atoms with Gasteiger partial charge in [-0.3, -0.25) is 4.90 Å². The Balaban J connectivity index is 1.61. The van der Waals surface area contributed by atoms with Gasteiger partial charge in [0.25, 0.3) is 0 Å². The molecule has 23 heavy (non-hydrogen) atoms. The van der Waals surface area contributed by atoms with Crippen LogP contribution in [0.25, 0.3) is 11.1 Å². The molecule has 2 aromatic rings. The van der Waals surface area contributed by atoms with Crippen LogP contribution in [0.15, 0.2) is 23.7 Å². The number of likely N-dealkylation sites (N-methyl/N-ethyl adjacent to an activating group) is 1. The standard InChI is InChI=1S/C18H19N3OS/c1-2-21-5-3-4-18(12-21)8-13-6-14(10-20-17(13)22-18)15-7-16(9-19)23-11-15/h6-7,10-11H,2-5,8,12H2,1H3/t18-/m0/s1. The number of aromatic nitrogens is 1. The van der Waals surface area contributed by atoms with Crippen LogP contribution in [0.1, 0.15) is 30.2 Å². The van der Waals surface area contributed by atoms with Crippen molar-refractivity contribution in [2.75, 3.05) is 19.6 Å². The van der Waals surface area contributed by atoms with Crippen LogP contribution in [0, 0.1) is 11.3 Å². The van der Waals surface area contributed by atoms with Crippen molar-refractivity contribution >= 4 is 11.3 Å². The Morgan fingerprint density at radius 3 is 3.13 bits per heavy atom. The van der Waals surface area contributed by atoms with E-state index in [1.807, 2.05) is 17.6 Å². The topological polar surface area (TPSA) is 49.2 Å². The summed E-state index contributed by atoms with van der Waals surface area (Å²) in [5, 5.41) is 11.0. The number of ether oxygens (including phenoxy) is 1. The van der Waals surface area contributed by atoms with Crippen LogP contribution >= 0.6 is 11.3 Å². The van der Waals surface area contributed by atoms with E-state index < -0.39 is 0 Å². The summed E-state index contributed by atoms with van der Waals surface area (Å²) in [6, 6.07) is 6.31. The van der Waals surface area contributed by atoms with Crippen molar-refractivity contribution in [3.05, 3.63) is 34.2 Å². The zero-order valence-electron chi connectivity index (χ0n) is 13.2. The highest BCUT2D eigenvalue weighted by molar-refractivity contribution is 7.10. The fourth-order valence-corrected chi connectivity index (χ4v) is 4.40. The summed E-state index contributed by atoms with van der Waals surface area (Å²) >= 11 is 1.48. The molecule has 0 aromatic carbocycles. The lowest BCUT2D eigenvalue weighted by Crippen LogP contribution is -2.51. The van der Waals surface area contributed by atoms with Gasteiger partial charge in [-0.15, -0.1) is 11.3 Å². The quantitative estimate of drug-likeness (QED) is 0.848. The SMILES string of the molecule is CCN1CCC[C@]2(Cc3cc(-c4csc(C#N)c4)cnc3O2)C1. The van der Waals surface area contributed by atoms with Gasteiger partial charge in [-0.2, -0.15) is 5.26 Å². The van der Waals surface area contributed by atoms with Gasteiger partial charge in [-0.1, -0.05) is 6.92 Å². The highest BCUT2D eigenvalue weighted by Crippen LogP contribution is 2.40. The predicted octanol–water partition coefficient (Wildman–Crippen LogP) is 3.47. The third-order valence-corrected chi connectivity index (χ3v) is 5.69. The normalized spacial score (nSPS) is 23.5. The molecule has 1 saturated heterocycles. The largest absolute Gasteiger partial charge is 0.469 e. The first-order valence-corrected chi connectivity index (χ1v) is 8.99. The molecule has 0 aliphatic carbocycles. The summed E-state index contributed by atoms with van der Waals surface area (Å²) in [6.07, 6.45) is 5.09. The molecule has 0 amide bonds. The van der Waals surface area contributed by atoms with Gasteiger partial charge in [0.15, 0.2) is 0 Å². The lowest BCUT2D eigenvalue weighted by molar-refractivity contribution is 0.00781. The number of nitriles is 1. The molecule has 2 aliphatic heterocycles. The number of piperidine rings is 1. The van der Waals surface area contributed by atoms with E-state index in [2.05, 4.69) is 28.9 Å². The number of pyridine rings is 1. The average Bonchev–Trinajstić information content (AvgIpc) is 3.18. The van der Waals surface area contributed by atoms with Crippen molar-refractivity contribution in [3.8, 4) is 23.1 Å². The molecule has 118 valence electrons. The highest BCUT2D eigenvalue weighted by atomic mass is 32.1. The molecule has 0 bridgehead atoms. The van der Waals surface area contributed by atoms with Crippen LogP contribution in [0.2, 0.25) is 0 Å². The molecular weight excluding hydrogens is 306 g/mol. The molecular formula is C18H19N3OS. The Bertz CT molecular complexity index is 779. The minimum atomic E-state index is -0.0886. The molecule has 1 atom stereocenters. The molecule has 5 heteroatoms.